The molecule has 4 heteroatoms. The van der Waals surface area contributed by atoms with Crippen molar-refractivity contribution < 1.29 is 4.42 Å². The summed E-state index contributed by atoms with van der Waals surface area (Å²) in [6, 6.07) is 9.06. The van der Waals surface area contributed by atoms with Crippen LogP contribution in [-0.2, 0) is 0 Å². The molecule has 2 N–H and O–H groups in total. The van der Waals surface area contributed by atoms with Crippen LogP contribution in [0.15, 0.2) is 28.7 Å². The van der Waals surface area contributed by atoms with Crippen molar-refractivity contribution in [1.29, 1.82) is 0 Å². The van der Waals surface area contributed by atoms with E-state index in [0.29, 0.717) is 12.1 Å². The van der Waals surface area contributed by atoms with Gasteiger partial charge in [-0.1, -0.05) is 19.1 Å². The Labute approximate surface area is 106 Å². The Morgan fingerprint density at radius 1 is 1.44 bits per heavy atom. The smallest absolute Gasteiger partial charge is 0.295 e. The van der Waals surface area contributed by atoms with Crippen LogP contribution in [-0.4, -0.2) is 24.1 Å². The molecule has 0 amide bonds. The molecule has 0 bridgehead atoms. The zero-order chi connectivity index (χ0) is 12.1. The van der Waals surface area contributed by atoms with Gasteiger partial charge >= 0.3 is 0 Å². The van der Waals surface area contributed by atoms with Crippen LogP contribution in [0.2, 0.25) is 0 Å². The van der Waals surface area contributed by atoms with Gasteiger partial charge in [0.2, 0.25) is 0 Å². The van der Waals surface area contributed by atoms with Crippen molar-refractivity contribution in [3.63, 3.8) is 0 Å². The van der Waals surface area contributed by atoms with Crippen LogP contribution in [0.5, 0.6) is 0 Å². The van der Waals surface area contributed by atoms with Gasteiger partial charge in [0.1, 0.15) is 5.52 Å². The Hall–Kier alpha value is -1.55. The Morgan fingerprint density at radius 3 is 3.11 bits per heavy atom. The standard InChI is InChI=1S/C14H17N3O/c1-8-9-6-15-11(13(8)9)7-16-14-17-10-4-2-3-5-12(10)18-14/h2-5,8-9,11,13,15H,6-7H2,1H3,(H,16,17)/t8-,9?,11?,13?/m1/s1. The molecule has 3 unspecified atom stereocenters. The molecule has 18 heavy (non-hydrogen) atoms. The number of nitrogens with zero attached hydrogens (tertiary/aromatic N) is 1. The fourth-order valence-electron chi connectivity index (χ4n) is 3.34. The van der Waals surface area contributed by atoms with Crippen LogP contribution in [0.3, 0.4) is 0 Å². The summed E-state index contributed by atoms with van der Waals surface area (Å²) in [7, 11) is 0. The average Bonchev–Trinajstić information content (AvgIpc) is 2.82. The highest BCUT2D eigenvalue weighted by Crippen LogP contribution is 2.51. The van der Waals surface area contributed by atoms with E-state index in [1.807, 2.05) is 24.3 Å². The second-order valence-electron chi connectivity index (χ2n) is 5.48. The third-order valence-electron chi connectivity index (χ3n) is 4.48. The number of para-hydroxylation sites is 2. The first-order valence-corrected chi connectivity index (χ1v) is 6.66. The molecule has 0 radical (unpaired) electrons. The zero-order valence-corrected chi connectivity index (χ0v) is 10.4. The molecule has 1 aliphatic carbocycles. The first kappa shape index (κ1) is 10.4. The third kappa shape index (κ3) is 1.52. The van der Waals surface area contributed by atoms with Gasteiger partial charge in [-0.25, -0.2) is 0 Å². The number of benzene rings is 1. The summed E-state index contributed by atoms with van der Waals surface area (Å²) < 4.78 is 5.65. The minimum atomic E-state index is 0.569. The maximum Gasteiger partial charge on any atom is 0.295 e. The summed E-state index contributed by atoms with van der Waals surface area (Å²) >= 11 is 0. The predicted molar refractivity (Wildman–Crippen MR) is 70.4 cm³/mol. The lowest BCUT2D eigenvalue weighted by atomic mass is 10.2. The summed E-state index contributed by atoms with van der Waals surface area (Å²) in [5.74, 6) is 2.64. The molecule has 2 fully saturated rings. The molecule has 1 aromatic heterocycles. The summed E-state index contributed by atoms with van der Waals surface area (Å²) in [4.78, 5) is 4.43. The number of piperidine rings is 1. The van der Waals surface area contributed by atoms with Gasteiger partial charge in [-0.2, -0.15) is 4.98 Å². The number of hydrogen-bond acceptors (Lipinski definition) is 4. The first-order valence-electron chi connectivity index (χ1n) is 6.66. The quantitative estimate of drug-likeness (QED) is 0.866. The maximum atomic E-state index is 5.65. The van der Waals surface area contributed by atoms with Crippen molar-refractivity contribution in [1.82, 2.24) is 10.3 Å². The molecular weight excluding hydrogens is 226 g/mol. The molecule has 94 valence electrons. The number of rotatable bonds is 3. The highest BCUT2D eigenvalue weighted by atomic mass is 16.4. The summed E-state index contributed by atoms with van der Waals surface area (Å²) in [5.41, 5.74) is 1.76. The number of fused-ring (bicyclic) bond motifs is 2. The molecule has 4 rings (SSSR count). The Balaban J connectivity index is 1.45. The molecule has 2 heterocycles. The lowest BCUT2D eigenvalue weighted by molar-refractivity contribution is 0.500. The van der Waals surface area contributed by atoms with Crippen LogP contribution in [0.1, 0.15) is 6.92 Å². The SMILES string of the molecule is C[C@@H]1C2CNC(CNc3nc4ccccc4o3)C21. The van der Waals surface area contributed by atoms with E-state index in [-0.39, 0.29) is 0 Å². The highest BCUT2D eigenvalue weighted by molar-refractivity contribution is 5.74. The van der Waals surface area contributed by atoms with Crippen molar-refractivity contribution in [2.45, 2.75) is 13.0 Å². The fraction of sp³-hybridized carbons (Fsp3) is 0.500. The van der Waals surface area contributed by atoms with E-state index in [1.54, 1.807) is 0 Å². The molecule has 1 aromatic carbocycles. The van der Waals surface area contributed by atoms with Crippen LogP contribution >= 0.6 is 0 Å². The Bertz CT molecular complexity index is 546. The van der Waals surface area contributed by atoms with E-state index in [9.17, 15) is 0 Å². The molecule has 4 nitrogen and oxygen atoms in total. The van der Waals surface area contributed by atoms with Crippen LogP contribution in [0, 0.1) is 17.8 Å². The second-order valence-corrected chi connectivity index (χ2v) is 5.48. The summed E-state index contributed by atoms with van der Waals surface area (Å²) in [6.07, 6.45) is 0. The predicted octanol–water partition coefficient (Wildman–Crippen LogP) is 2.09. The van der Waals surface area contributed by atoms with Crippen molar-refractivity contribution in [3.05, 3.63) is 24.3 Å². The fourth-order valence-corrected chi connectivity index (χ4v) is 3.34. The van der Waals surface area contributed by atoms with Gasteiger partial charge in [0, 0.05) is 12.6 Å². The van der Waals surface area contributed by atoms with Gasteiger partial charge in [0.25, 0.3) is 6.01 Å². The van der Waals surface area contributed by atoms with Crippen LogP contribution < -0.4 is 10.6 Å². The van der Waals surface area contributed by atoms with Crippen LogP contribution in [0.25, 0.3) is 11.1 Å². The molecule has 1 aliphatic heterocycles. The minimum Gasteiger partial charge on any atom is -0.424 e. The van der Waals surface area contributed by atoms with E-state index < -0.39 is 0 Å². The van der Waals surface area contributed by atoms with Gasteiger partial charge in [-0.05, 0) is 36.4 Å². The van der Waals surface area contributed by atoms with Crippen molar-refractivity contribution in [2.24, 2.45) is 17.8 Å². The van der Waals surface area contributed by atoms with Crippen molar-refractivity contribution >= 4 is 17.1 Å². The topological polar surface area (TPSA) is 50.1 Å². The normalized spacial score (nSPS) is 33.6. The number of nitrogens with one attached hydrogen (secondary N) is 2. The summed E-state index contributed by atoms with van der Waals surface area (Å²) in [6.45, 7) is 4.42. The minimum absolute atomic E-state index is 0.569. The Morgan fingerprint density at radius 2 is 2.33 bits per heavy atom. The maximum absolute atomic E-state index is 5.65. The van der Waals surface area contributed by atoms with Gasteiger partial charge in [0.15, 0.2) is 5.58 Å². The molecule has 0 spiro atoms. The number of anilines is 1. The van der Waals surface area contributed by atoms with Gasteiger partial charge in [0.05, 0.1) is 0 Å². The largest absolute Gasteiger partial charge is 0.424 e. The number of aromatic nitrogens is 1. The van der Waals surface area contributed by atoms with Crippen molar-refractivity contribution in [2.75, 3.05) is 18.4 Å². The van der Waals surface area contributed by atoms with E-state index in [2.05, 4.69) is 22.5 Å². The number of hydrogen-bond donors (Lipinski definition) is 2. The molecule has 1 saturated carbocycles. The van der Waals surface area contributed by atoms with Gasteiger partial charge in [-0.15, -0.1) is 0 Å². The second kappa shape index (κ2) is 3.72. The lowest BCUT2D eigenvalue weighted by Crippen LogP contribution is -2.34. The van der Waals surface area contributed by atoms with Gasteiger partial charge in [-0.3, -0.25) is 0 Å². The monoisotopic (exact) mass is 243 g/mol. The van der Waals surface area contributed by atoms with Crippen molar-refractivity contribution in [3.8, 4) is 0 Å². The highest BCUT2D eigenvalue weighted by Gasteiger charge is 2.54. The van der Waals surface area contributed by atoms with E-state index in [4.69, 9.17) is 4.42 Å². The zero-order valence-electron chi connectivity index (χ0n) is 10.4. The average molecular weight is 243 g/mol. The van der Waals surface area contributed by atoms with E-state index >= 15 is 0 Å². The van der Waals surface area contributed by atoms with E-state index in [1.165, 1.54) is 6.54 Å². The summed E-state index contributed by atoms with van der Waals surface area (Å²) in [5, 5.41) is 6.87. The Kier molecular flexibility index (Phi) is 2.14. The third-order valence-corrected chi connectivity index (χ3v) is 4.48. The number of oxazole rings is 1. The lowest BCUT2D eigenvalue weighted by Gasteiger charge is -2.14. The molecule has 2 aliphatic rings. The first-order chi connectivity index (χ1) is 8.83. The molecular formula is C14H17N3O. The molecule has 1 saturated heterocycles. The molecule has 2 aromatic rings. The van der Waals surface area contributed by atoms with Crippen LogP contribution in [0.4, 0.5) is 6.01 Å². The van der Waals surface area contributed by atoms with E-state index in [0.717, 1.165) is 35.4 Å². The van der Waals surface area contributed by atoms with Gasteiger partial charge < -0.3 is 15.1 Å². The molecule has 4 atom stereocenters.